The van der Waals surface area contributed by atoms with E-state index in [2.05, 4.69) is 11.8 Å². The molecule has 1 N–H and O–H groups in total. The summed E-state index contributed by atoms with van der Waals surface area (Å²) in [5, 5.41) is 9.08. The summed E-state index contributed by atoms with van der Waals surface area (Å²) in [6.07, 6.45) is 3.94. The lowest BCUT2D eigenvalue weighted by molar-refractivity contribution is 0.116. The molecule has 1 saturated carbocycles. The van der Waals surface area contributed by atoms with Crippen LogP contribution in [0.1, 0.15) is 26.2 Å². The maximum atomic E-state index is 9.08. The summed E-state index contributed by atoms with van der Waals surface area (Å²) in [4.78, 5) is 2.55. The minimum absolute atomic E-state index is 0.386. The summed E-state index contributed by atoms with van der Waals surface area (Å²) in [5.41, 5.74) is 0. The third-order valence-corrected chi connectivity index (χ3v) is 3.63. The third kappa shape index (κ3) is 2.44. The summed E-state index contributed by atoms with van der Waals surface area (Å²) in [5.74, 6) is 2.50. The molecule has 0 aromatic carbocycles. The quantitative estimate of drug-likeness (QED) is 0.714. The van der Waals surface area contributed by atoms with Crippen molar-refractivity contribution in [1.29, 1.82) is 0 Å². The van der Waals surface area contributed by atoms with Gasteiger partial charge in [-0.2, -0.15) is 0 Å². The Morgan fingerprint density at radius 1 is 1.46 bits per heavy atom. The maximum absolute atomic E-state index is 9.08. The molecule has 2 aliphatic rings. The van der Waals surface area contributed by atoms with Gasteiger partial charge in [0.25, 0.3) is 0 Å². The Kier molecular flexibility index (Phi) is 2.89. The average Bonchev–Trinajstić information content (AvgIpc) is 2.82. The first-order valence-electron chi connectivity index (χ1n) is 5.63. The average molecular weight is 183 g/mol. The molecule has 2 fully saturated rings. The minimum atomic E-state index is 0.386. The van der Waals surface area contributed by atoms with Crippen LogP contribution in [0.3, 0.4) is 0 Å². The van der Waals surface area contributed by atoms with Crippen LogP contribution in [0.2, 0.25) is 0 Å². The summed E-state index contributed by atoms with van der Waals surface area (Å²) in [6, 6.07) is 0. The normalized spacial score (nSPS) is 40.6. The Morgan fingerprint density at radius 3 is 2.85 bits per heavy atom. The van der Waals surface area contributed by atoms with E-state index in [0.717, 1.165) is 18.4 Å². The van der Waals surface area contributed by atoms with Crippen LogP contribution in [0.15, 0.2) is 0 Å². The number of hydrogen-bond acceptors (Lipinski definition) is 2. The highest BCUT2D eigenvalue weighted by Crippen LogP contribution is 2.38. The number of hydrogen-bond donors (Lipinski definition) is 1. The number of rotatable bonds is 3. The fourth-order valence-electron chi connectivity index (χ4n) is 2.45. The van der Waals surface area contributed by atoms with Crippen LogP contribution in [-0.2, 0) is 0 Å². The number of likely N-dealkylation sites (tertiary alicyclic amines) is 1. The van der Waals surface area contributed by atoms with Gasteiger partial charge in [-0.05, 0) is 43.6 Å². The molecule has 1 heterocycles. The lowest BCUT2D eigenvalue weighted by Gasteiger charge is -2.31. The highest BCUT2D eigenvalue weighted by Gasteiger charge is 2.34. The molecule has 0 amide bonds. The topological polar surface area (TPSA) is 23.5 Å². The smallest absolute Gasteiger partial charge is 0.0471 e. The van der Waals surface area contributed by atoms with Crippen molar-refractivity contribution in [3.8, 4) is 0 Å². The molecular weight excluding hydrogens is 162 g/mol. The lowest BCUT2D eigenvalue weighted by Crippen LogP contribution is -2.38. The van der Waals surface area contributed by atoms with Gasteiger partial charge in [0.1, 0.15) is 0 Å². The first-order valence-corrected chi connectivity index (χ1v) is 5.63. The van der Waals surface area contributed by atoms with E-state index in [4.69, 9.17) is 5.11 Å². The van der Waals surface area contributed by atoms with E-state index in [-0.39, 0.29) is 0 Å². The van der Waals surface area contributed by atoms with E-state index in [1.165, 1.54) is 32.4 Å². The molecule has 0 spiro atoms. The van der Waals surface area contributed by atoms with Crippen molar-refractivity contribution in [2.24, 2.45) is 17.8 Å². The maximum Gasteiger partial charge on any atom is 0.0471 e. The van der Waals surface area contributed by atoms with E-state index in [1.54, 1.807) is 0 Å². The van der Waals surface area contributed by atoms with E-state index in [9.17, 15) is 0 Å². The van der Waals surface area contributed by atoms with E-state index < -0.39 is 0 Å². The molecule has 1 saturated heterocycles. The molecule has 1 aliphatic heterocycles. The first-order chi connectivity index (χ1) is 6.29. The van der Waals surface area contributed by atoms with Crippen LogP contribution >= 0.6 is 0 Å². The zero-order valence-corrected chi connectivity index (χ0v) is 8.58. The van der Waals surface area contributed by atoms with E-state index in [1.807, 2.05) is 0 Å². The Bertz CT molecular complexity index is 169. The fraction of sp³-hybridized carbons (Fsp3) is 1.00. The van der Waals surface area contributed by atoms with Gasteiger partial charge in [-0.3, -0.25) is 0 Å². The Labute approximate surface area is 80.9 Å². The standard InChI is InChI=1S/C11H21NO/c1-9-5-11(9)7-12-4-2-3-10(6-12)8-13/h9-11,13H,2-8H2,1H3. The van der Waals surface area contributed by atoms with Crippen LogP contribution < -0.4 is 0 Å². The summed E-state index contributed by atoms with van der Waals surface area (Å²) in [7, 11) is 0. The van der Waals surface area contributed by atoms with Crippen LogP contribution in [0.25, 0.3) is 0 Å². The van der Waals surface area contributed by atoms with Gasteiger partial charge in [0.05, 0.1) is 0 Å². The highest BCUT2D eigenvalue weighted by molar-refractivity contribution is 4.86. The van der Waals surface area contributed by atoms with E-state index >= 15 is 0 Å². The lowest BCUT2D eigenvalue weighted by atomic mass is 9.99. The van der Waals surface area contributed by atoms with Crippen molar-refractivity contribution in [2.75, 3.05) is 26.2 Å². The van der Waals surface area contributed by atoms with Crippen molar-refractivity contribution < 1.29 is 5.11 Å². The van der Waals surface area contributed by atoms with Gasteiger partial charge in [-0.15, -0.1) is 0 Å². The summed E-state index contributed by atoms with van der Waals surface area (Å²) in [6.45, 7) is 6.42. The Hall–Kier alpha value is -0.0800. The Balaban J connectivity index is 1.72. The zero-order valence-electron chi connectivity index (χ0n) is 8.58. The van der Waals surface area contributed by atoms with Crippen molar-refractivity contribution in [3.63, 3.8) is 0 Å². The molecule has 3 unspecified atom stereocenters. The van der Waals surface area contributed by atoms with Gasteiger partial charge in [0.15, 0.2) is 0 Å². The van der Waals surface area contributed by atoms with Crippen LogP contribution in [0, 0.1) is 17.8 Å². The van der Waals surface area contributed by atoms with Gasteiger partial charge in [0, 0.05) is 19.7 Å². The van der Waals surface area contributed by atoms with Crippen molar-refractivity contribution >= 4 is 0 Å². The molecule has 2 rings (SSSR count). The summed E-state index contributed by atoms with van der Waals surface area (Å²) < 4.78 is 0. The molecule has 0 aromatic heterocycles. The molecular formula is C11H21NO. The predicted molar refractivity (Wildman–Crippen MR) is 53.5 cm³/mol. The largest absolute Gasteiger partial charge is 0.396 e. The summed E-state index contributed by atoms with van der Waals surface area (Å²) >= 11 is 0. The van der Waals surface area contributed by atoms with Gasteiger partial charge in [-0.25, -0.2) is 0 Å². The monoisotopic (exact) mass is 183 g/mol. The number of aliphatic hydroxyl groups excluding tert-OH is 1. The van der Waals surface area contributed by atoms with Crippen LogP contribution in [0.5, 0.6) is 0 Å². The van der Waals surface area contributed by atoms with Gasteiger partial charge >= 0.3 is 0 Å². The van der Waals surface area contributed by atoms with Gasteiger partial charge < -0.3 is 10.0 Å². The molecule has 0 bridgehead atoms. The Morgan fingerprint density at radius 2 is 2.23 bits per heavy atom. The number of piperidine rings is 1. The van der Waals surface area contributed by atoms with Crippen molar-refractivity contribution in [2.45, 2.75) is 26.2 Å². The number of nitrogens with zero attached hydrogens (tertiary/aromatic N) is 1. The number of aliphatic hydroxyl groups is 1. The van der Waals surface area contributed by atoms with Crippen molar-refractivity contribution in [3.05, 3.63) is 0 Å². The molecule has 76 valence electrons. The second kappa shape index (κ2) is 3.97. The second-order valence-electron chi connectivity index (χ2n) is 4.92. The SMILES string of the molecule is CC1CC1CN1CCCC(CO)C1. The van der Waals surface area contributed by atoms with Crippen LogP contribution in [0.4, 0.5) is 0 Å². The van der Waals surface area contributed by atoms with E-state index in [0.29, 0.717) is 12.5 Å². The molecule has 3 atom stereocenters. The predicted octanol–water partition coefficient (Wildman–Crippen LogP) is 1.35. The first kappa shape index (κ1) is 9.47. The van der Waals surface area contributed by atoms with Gasteiger partial charge in [0.2, 0.25) is 0 Å². The zero-order chi connectivity index (χ0) is 9.26. The minimum Gasteiger partial charge on any atom is -0.396 e. The fourth-order valence-corrected chi connectivity index (χ4v) is 2.45. The third-order valence-electron chi connectivity index (χ3n) is 3.63. The molecule has 0 radical (unpaired) electrons. The molecule has 13 heavy (non-hydrogen) atoms. The van der Waals surface area contributed by atoms with Crippen molar-refractivity contribution in [1.82, 2.24) is 4.90 Å². The molecule has 2 nitrogen and oxygen atoms in total. The van der Waals surface area contributed by atoms with Crippen LogP contribution in [-0.4, -0.2) is 36.2 Å². The van der Waals surface area contributed by atoms with Gasteiger partial charge in [-0.1, -0.05) is 6.92 Å². The molecule has 2 heteroatoms. The molecule has 0 aromatic rings. The molecule has 1 aliphatic carbocycles. The second-order valence-corrected chi connectivity index (χ2v) is 4.92. The highest BCUT2D eigenvalue weighted by atomic mass is 16.3.